The smallest absolute Gasteiger partial charge is 0.254 e. The van der Waals surface area contributed by atoms with Crippen molar-refractivity contribution in [3.05, 3.63) is 54.1 Å². The molecule has 35 heavy (non-hydrogen) atoms. The molecule has 0 aromatic heterocycles. The van der Waals surface area contributed by atoms with E-state index in [-0.39, 0.29) is 35.7 Å². The predicted octanol–water partition coefficient (Wildman–Crippen LogP) is 2.90. The molecule has 0 saturated carbocycles. The van der Waals surface area contributed by atoms with E-state index in [2.05, 4.69) is 10.7 Å². The summed E-state index contributed by atoms with van der Waals surface area (Å²) in [6.45, 7) is 4.75. The van der Waals surface area contributed by atoms with Crippen LogP contribution >= 0.6 is 12.2 Å². The van der Waals surface area contributed by atoms with E-state index >= 15 is 0 Å². The molecule has 1 heterocycles. The Morgan fingerprint density at radius 3 is 2.26 bits per heavy atom. The number of anilines is 1. The van der Waals surface area contributed by atoms with Gasteiger partial charge in [0.25, 0.3) is 5.91 Å². The number of hydrogen-bond donors (Lipinski definition) is 2. The van der Waals surface area contributed by atoms with E-state index in [1.165, 1.54) is 9.91 Å². The van der Waals surface area contributed by atoms with E-state index in [0.29, 0.717) is 30.3 Å². The number of nitrogens with one attached hydrogen (secondary N) is 2. The highest BCUT2D eigenvalue weighted by Crippen LogP contribution is 2.21. The van der Waals surface area contributed by atoms with Gasteiger partial charge in [-0.2, -0.15) is 0 Å². The van der Waals surface area contributed by atoms with Crippen molar-refractivity contribution in [2.24, 2.45) is 0 Å². The fraction of sp³-hybridized carbons (Fsp3) is 0.360. The lowest BCUT2D eigenvalue weighted by molar-refractivity contribution is -0.132. The minimum absolute atomic E-state index is 0.0782. The molecule has 0 aliphatic carbocycles. The molecular formula is C25H30N4O5S. The van der Waals surface area contributed by atoms with Crippen LogP contribution in [0.1, 0.15) is 32.3 Å². The summed E-state index contributed by atoms with van der Waals surface area (Å²) in [6.07, 6.45) is 0.804. The summed E-state index contributed by atoms with van der Waals surface area (Å²) in [6, 6.07) is 13.2. The van der Waals surface area contributed by atoms with Crippen LogP contribution in [0, 0.1) is 0 Å². The van der Waals surface area contributed by atoms with Crippen molar-refractivity contribution in [3.63, 3.8) is 0 Å². The van der Waals surface area contributed by atoms with E-state index in [0.717, 1.165) is 12.0 Å². The lowest BCUT2D eigenvalue weighted by Crippen LogP contribution is -2.50. The number of methoxy groups -OCH3 is 1. The molecule has 1 atom stereocenters. The Bertz CT molecular complexity index is 1060. The third-order valence-electron chi connectivity index (χ3n) is 5.37. The summed E-state index contributed by atoms with van der Waals surface area (Å²) in [5.74, 6) is 0.344. The number of ether oxygens (including phenoxy) is 2. The van der Waals surface area contributed by atoms with Gasteiger partial charge in [-0.3, -0.25) is 24.7 Å². The maximum Gasteiger partial charge on any atom is 0.254 e. The molecule has 1 aliphatic rings. The third kappa shape index (κ3) is 6.69. The molecule has 186 valence electrons. The van der Waals surface area contributed by atoms with Crippen LogP contribution < -0.4 is 20.2 Å². The molecule has 0 radical (unpaired) electrons. The maximum absolute atomic E-state index is 12.9. The van der Waals surface area contributed by atoms with Gasteiger partial charge < -0.3 is 14.8 Å². The number of rotatable bonds is 11. The number of thiocarbonyl (C=S) groups is 1. The highest BCUT2D eigenvalue weighted by atomic mass is 32.1. The second-order valence-electron chi connectivity index (χ2n) is 7.94. The Morgan fingerprint density at radius 1 is 1.00 bits per heavy atom. The highest BCUT2D eigenvalue weighted by Gasteiger charge is 2.43. The van der Waals surface area contributed by atoms with Crippen LogP contribution in [-0.4, -0.2) is 59.0 Å². The fourth-order valence-corrected chi connectivity index (χ4v) is 3.98. The predicted molar refractivity (Wildman–Crippen MR) is 136 cm³/mol. The maximum atomic E-state index is 12.9. The first kappa shape index (κ1) is 26.0. The molecule has 1 fully saturated rings. The number of nitrogens with zero attached hydrogens (tertiary/aromatic N) is 2. The summed E-state index contributed by atoms with van der Waals surface area (Å²) < 4.78 is 10.7. The molecule has 0 bridgehead atoms. The number of hydrazine groups is 1. The van der Waals surface area contributed by atoms with Gasteiger partial charge in [0.1, 0.15) is 17.5 Å². The molecule has 2 aromatic rings. The summed E-state index contributed by atoms with van der Waals surface area (Å²) >= 11 is 5.42. The van der Waals surface area contributed by atoms with Crippen molar-refractivity contribution >= 4 is 40.7 Å². The second-order valence-corrected chi connectivity index (χ2v) is 8.30. The molecule has 3 rings (SSSR count). The molecule has 10 heteroatoms. The monoisotopic (exact) mass is 498 g/mol. The van der Waals surface area contributed by atoms with Crippen molar-refractivity contribution in [3.8, 4) is 11.5 Å². The number of hydrogen-bond acceptors (Lipinski definition) is 6. The zero-order chi connectivity index (χ0) is 25.4. The highest BCUT2D eigenvalue weighted by molar-refractivity contribution is 7.80. The van der Waals surface area contributed by atoms with Crippen LogP contribution in [0.25, 0.3) is 0 Å². The minimum atomic E-state index is -0.936. The minimum Gasteiger partial charge on any atom is -0.497 e. The fourth-order valence-electron chi connectivity index (χ4n) is 3.59. The van der Waals surface area contributed by atoms with Gasteiger partial charge >= 0.3 is 0 Å². The van der Waals surface area contributed by atoms with Gasteiger partial charge in [-0.25, -0.2) is 5.01 Å². The van der Waals surface area contributed by atoms with Gasteiger partial charge in [-0.05, 0) is 67.5 Å². The largest absolute Gasteiger partial charge is 0.497 e. The average Bonchev–Trinajstić information content (AvgIpc) is 3.07. The molecule has 1 saturated heterocycles. The van der Waals surface area contributed by atoms with Crippen LogP contribution in [0.2, 0.25) is 0 Å². The standard InChI is InChI=1S/C25H30N4O5S/c1-4-14-34-20-12-8-18(9-13-20)26-22(30)16-21-24(32)28(5-2)25(35)29(21)27-23(31)15-17-6-10-19(33-3)11-7-17/h6-13,21H,4-5,14-16H2,1-3H3,(H,26,30)(H,27,31). The third-order valence-corrected chi connectivity index (χ3v) is 5.79. The lowest BCUT2D eigenvalue weighted by atomic mass is 10.1. The van der Waals surface area contributed by atoms with Gasteiger partial charge in [-0.15, -0.1) is 0 Å². The molecule has 0 spiro atoms. The first-order chi connectivity index (χ1) is 16.9. The summed E-state index contributed by atoms with van der Waals surface area (Å²) in [4.78, 5) is 39.8. The zero-order valence-electron chi connectivity index (χ0n) is 20.1. The summed E-state index contributed by atoms with van der Waals surface area (Å²) in [5, 5.41) is 4.26. The Hall–Kier alpha value is -3.66. The van der Waals surface area contributed by atoms with E-state index in [9.17, 15) is 14.4 Å². The average molecular weight is 499 g/mol. The van der Waals surface area contributed by atoms with Gasteiger partial charge in [0.05, 0.1) is 26.6 Å². The van der Waals surface area contributed by atoms with E-state index in [4.69, 9.17) is 21.7 Å². The van der Waals surface area contributed by atoms with Gasteiger partial charge in [0.15, 0.2) is 5.11 Å². The van der Waals surface area contributed by atoms with Crippen LogP contribution in [0.4, 0.5) is 5.69 Å². The molecular weight excluding hydrogens is 468 g/mol. The Kier molecular flexibility index (Phi) is 9.02. The van der Waals surface area contributed by atoms with Crippen molar-refractivity contribution in [2.45, 2.75) is 39.2 Å². The Morgan fingerprint density at radius 2 is 1.66 bits per heavy atom. The van der Waals surface area contributed by atoms with E-state index < -0.39 is 6.04 Å². The number of carbonyl (C=O) groups is 3. The van der Waals surface area contributed by atoms with E-state index in [1.54, 1.807) is 62.6 Å². The van der Waals surface area contributed by atoms with Crippen molar-refractivity contribution in [1.29, 1.82) is 0 Å². The Balaban J connectivity index is 1.64. The molecule has 1 aliphatic heterocycles. The lowest BCUT2D eigenvalue weighted by Gasteiger charge is -2.24. The van der Waals surface area contributed by atoms with E-state index in [1.807, 2.05) is 6.92 Å². The quantitative estimate of drug-likeness (QED) is 0.460. The molecule has 9 nitrogen and oxygen atoms in total. The van der Waals surface area contributed by atoms with Crippen molar-refractivity contribution in [1.82, 2.24) is 15.3 Å². The number of likely N-dealkylation sites (N-methyl/N-ethyl adjacent to an activating group) is 1. The number of carbonyl (C=O) groups excluding carboxylic acids is 3. The number of benzene rings is 2. The molecule has 3 amide bonds. The number of amides is 3. The van der Waals surface area contributed by atoms with Crippen LogP contribution in [0.5, 0.6) is 11.5 Å². The first-order valence-corrected chi connectivity index (χ1v) is 11.9. The Labute approximate surface area is 210 Å². The first-order valence-electron chi connectivity index (χ1n) is 11.5. The van der Waals surface area contributed by atoms with Gasteiger partial charge in [0.2, 0.25) is 11.8 Å². The van der Waals surface area contributed by atoms with Gasteiger partial charge in [0, 0.05) is 12.2 Å². The molecule has 2 N–H and O–H groups in total. The second kappa shape index (κ2) is 12.2. The zero-order valence-corrected chi connectivity index (χ0v) is 20.9. The van der Waals surface area contributed by atoms with Crippen LogP contribution in [-0.2, 0) is 20.8 Å². The SMILES string of the molecule is CCCOc1ccc(NC(=O)CC2C(=O)N(CC)C(=S)N2NC(=O)Cc2ccc(OC)cc2)cc1. The summed E-state index contributed by atoms with van der Waals surface area (Å²) in [5.41, 5.74) is 4.06. The van der Waals surface area contributed by atoms with Crippen molar-refractivity contribution < 1.29 is 23.9 Å². The van der Waals surface area contributed by atoms with Crippen molar-refractivity contribution in [2.75, 3.05) is 25.6 Å². The van der Waals surface area contributed by atoms with Crippen LogP contribution in [0.15, 0.2) is 48.5 Å². The summed E-state index contributed by atoms with van der Waals surface area (Å²) in [7, 11) is 1.57. The van der Waals surface area contributed by atoms with Crippen LogP contribution in [0.3, 0.4) is 0 Å². The molecule has 1 unspecified atom stereocenters. The molecule has 2 aromatic carbocycles. The van der Waals surface area contributed by atoms with Gasteiger partial charge in [-0.1, -0.05) is 19.1 Å². The normalized spacial score (nSPS) is 15.2. The topological polar surface area (TPSA) is 100 Å².